The highest BCUT2D eigenvalue weighted by atomic mass is 35.5. The van der Waals surface area contributed by atoms with Gasteiger partial charge in [-0.15, -0.1) is 0 Å². The van der Waals surface area contributed by atoms with Crippen molar-refractivity contribution in [3.63, 3.8) is 0 Å². The summed E-state index contributed by atoms with van der Waals surface area (Å²) in [6, 6.07) is 13.4. The zero-order valence-corrected chi connectivity index (χ0v) is 19.4. The number of anilines is 2. The molecule has 0 atom stereocenters. The molecule has 0 spiro atoms. The van der Waals surface area contributed by atoms with Crippen LogP contribution in [0.1, 0.15) is 26.6 Å². The smallest absolute Gasteiger partial charge is 0.258 e. The minimum Gasteiger partial charge on any atom is -0.334 e. The second kappa shape index (κ2) is 7.97. The summed E-state index contributed by atoms with van der Waals surface area (Å²) in [6.07, 6.45) is 3.39. The molecule has 2 aromatic carbocycles. The van der Waals surface area contributed by atoms with Crippen molar-refractivity contribution in [3.8, 4) is 22.8 Å². The molecule has 0 aliphatic heterocycles. The van der Waals surface area contributed by atoms with Crippen molar-refractivity contribution in [1.29, 1.82) is 0 Å². The summed E-state index contributed by atoms with van der Waals surface area (Å²) in [4.78, 5) is 17.9. The van der Waals surface area contributed by atoms with E-state index < -0.39 is 0 Å². The molecule has 0 fully saturated rings. The van der Waals surface area contributed by atoms with E-state index in [0.29, 0.717) is 22.7 Å². The quantitative estimate of drug-likeness (QED) is 0.352. The van der Waals surface area contributed by atoms with Crippen LogP contribution >= 0.6 is 11.6 Å². The Morgan fingerprint density at radius 3 is 2.45 bits per heavy atom. The summed E-state index contributed by atoms with van der Waals surface area (Å²) in [7, 11) is 0. The SMILES string of the molecule is Cc1noc(-c2ccc(Cl)cc2-c2nc3cc(Nc4ncccn4)ccc3n2C(C)(C)C)n1. The number of imidazole rings is 1. The lowest BCUT2D eigenvalue weighted by atomic mass is 10.0. The Morgan fingerprint density at radius 1 is 0.970 bits per heavy atom. The zero-order chi connectivity index (χ0) is 23.2. The van der Waals surface area contributed by atoms with E-state index in [1.807, 2.05) is 36.4 Å². The number of aryl methyl sites for hydroxylation is 1. The molecule has 0 bridgehead atoms. The molecular weight excluding hydrogens is 438 g/mol. The number of aromatic nitrogens is 6. The highest BCUT2D eigenvalue weighted by Gasteiger charge is 2.26. The number of nitrogens with zero attached hydrogens (tertiary/aromatic N) is 6. The third-order valence-corrected chi connectivity index (χ3v) is 5.36. The van der Waals surface area contributed by atoms with Crippen molar-refractivity contribution in [2.75, 3.05) is 5.32 Å². The summed E-state index contributed by atoms with van der Waals surface area (Å²) >= 11 is 6.41. The van der Waals surface area contributed by atoms with Crippen LogP contribution < -0.4 is 5.32 Å². The fourth-order valence-corrected chi connectivity index (χ4v) is 3.98. The van der Waals surface area contributed by atoms with Crippen LogP contribution in [0.15, 0.2) is 59.4 Å². The number of nitrogens with one attached hydrogen (secondary N) is 1. The number of hydrogen-bond donors (Lipinski definition) is 1. The zero-order valence-electron chi connectivity index (χ0n) is 18.7. The number of hydrogen-bond acceptors (Lipinski definition) is 7. The predicted octanol–water partition coefficient (Wildman–Crippen LogP) is 6.00. The van der Waals surface area contributed by atoms with Crippen LogP contribution in [0.3, 0.4) is 0 Å². The highest BCUT2D eigenvalue weighted by Crippen LogP contribution is 2.38. The Hall–Kier alpha value is -3.78. The number of rotatable bonds is 4. The van der Waals surface area contributed by atoms with Crippen molar-refractivity contribution in [2.24, 2.45) is 0 Å². The van der Waals surface area contributed by atoms with Gasteiger partial charge in [-0.3, -0.25) is 0 Å². The molecular formula is C24H22ClN7O. The van der Waals surface area contributed by atoms with Gasteiger partial charge in [-0.25, -0.2) is 15.0 Å². The van der Waals surface area contributed by atoms with E-state index in [4.69, 9.17) is 21.1 Å². The van der Waals surface area contributed by atoms with Gasteiger partial charge in [-0.2, -0.15) is 4.98 Å². The van der Waals surface area contributed by atoms with E-state index in [1.54, 1.807) is 25.4 Å². The summed E-state index contributed by atoms with van der Waals surface area (Å²) in [6.45, 7) is 8.21. The fourth-order valence-electron chi connectivity index (χ4n) is 3.80. The van der Waals surface area contributed by atoms with Gasteiger partial charge in [0.25, 0.3) is 5.89 Å². The molecule has 3 aromatic heterocycles. The largest absolute Gasteiger partial charge is 0.334 e. The average molecular weight is 460 g/mol. The normalized spacial score (nSPS) is 11.8. The molecule has 0 radical (unpaired) electrons. The minimum absolute atomic E-state index is 0.258. The van der Waals surface area contributed by atoms with Crippen molar-refractivity contribution in [3.05, 3.63) is 65.7 Å². The topological polar surface area (TPSA) is 94.5 Å². The first-order valence-electron chi connectivity index (χ1n) is 10.5. The van der Waals surface area contributed by atoms with Crippen LogP contribution in [0.2, 0.25) is 5.02 Å². The molecule has 1 N–H and O–H groups in total. The molecule has 5 aromatic rings. The molecule has 0 unspecified atom stereocenters. The lowest BCUT2D eigenvalue weighted by Crippen LogP contribution is -2.22. The highest BCUT2D eigenvalue weighted by molar-refractivity contribution is 6.31. The van der Waals surface area contributed by atoms with Crippen LogP contribution in [0.5, 0.6) is 0 Å². The van der Waals surface area contributed by atoms with Gasteiger partial charge in [0.15, 0.2) is 5.82 Å². The maximum Gasteiger partial charge on any atom is 0.258 e. The van der Waals surface area contributed by atoms with Crippen LogP contribution in [0.25, 0.3) is 33.9 Å². The number of halogens is 1. The Kier molecular flexibility index (Phi) is 5.09. The van der Waals surface area contributed by atoms with Gasteiger partial charge in [0.2, 0.25) is 5.95 Å². The molecule has 0 saturated heterocycles. The van der Waals surface area contributed by atoms with Crippen molar-refractivity contribution >= 4 is 34.3 Å². The van der Waals surface area contributed by atoms with Gasteiger partial charge >= 0.3 is 0 Å². The van der Waals surface area contributed by atoms with Gasteiger partial charge in [-0.1, -0.05) is 16.8 Å². The van der Waals surface area contributed by atoms with E-state index in [9.17, 15) is 0 Å². The Balaban J connectivity index is 1.71. The molecule has 0 amide bonds. The Morgan fingerprint density at radius 2 is 1.76 bits per heavy atom. The van der Waals surface area contributed by atoms with E-state index in [1.165, 1.54) is 0 Å². The van der Waals surface area contributed by atoms with E-state index in [2.05, 4.69) is 50.8 Å². The first-order valence-corrected chi connectivity index (χ1v) is 10.8. The molecule has 0 saturated carbocycles. The summed E-state index contributed by atoms with van der Waals surface area (Å²) < 4.78 is 7.67. The van der Waals surface area contributed by atoms with Crippen molar-refractivity contribution < 1.29 is 4.52 Å². The monoisotopic (exact) mass is 459 g/mol. The molecule has 33 heavy (non-hydrogen) atoms. The van der Waals surface area contributed by atoms with Crippen LogP contribution in [0.4, 0.5) is 11.6 Å². The van der Waals surface area contributed by atoms with Crippen LogP contribution in [0, 0.1) is 6.92 Å². The van der Waals surface area contributed by atoms with Gasteiger partial charge < -0.3 is 14.4 Å². The van der Waals surface area contributed by atoms with Gasteiger partial charge in [0.1, 0.15) is 5.82 Å². The van der Waals surface area contributed by atoms with Crippen LogP contribution in [-0.4, -0.2) is 29.7 Å². The Labute approximate surface area is 195 Å². The van der Waals surface area contributed by atoms with Crippen LogP contribution in [-0.2, 0) is 5.54 Å². The van der Waals surface area contributed by atoms with Crippen molar-refractivity contribution in [1.82, 2.24) is 29.7 Å². The third-order valence-electron chi connectivity index (χ3n) is 5.13. The maximum atomic E-state index is 6.41. The molecule has 8 nitrogen and oxygen atoms in total. The standard InChI is InChI=1S/C24H22ClN7O/c1-14-28-22(33-31-14)17-8-6-15(25)12-18(17)21-30-19-13-16(29-23-26-10-5-11-27-23)7-9-20(19)32(21)24(2,3)4/h5-13H,1-4H3,(H,26,27,29). The molecule has 3 heterocycles. The van der Waals surface area contributed by atoms with E-state index in [-0.39, 0.29) is 5.54 Å². The van der Waals surface area contributed by atoms with Gasteiger partial charge in [-0.05, 0) is 70.2 Å². The number of benzene rings is 2. The minimum atomic E-state index is -0.258. The fraction of sp³-hybridized carbons (Fsp3) is 0.208. The summed E-state index contributed by atoms with van der Waals surface area (Å²) in [5.41, 5.74) is 4.00. The van der Waals surface area contributed by atoms with E-state index in [0.717, 1.165) is 33.7 Å². The molecule has 166 valence electrons. The lowest BCUT2D eigenvalue weighted by molar-refractivity contribution is 0.412. The summed E-state index contributed by atoms with van der Waals surface area (Å²) in [5.74, 6) is 2.28. The predicted molar refractivity (Wildman–Crippen MR) is 129 cm³/mol. The maximum absolute atomic E-state index is 6.41. The lowest BCUT2D eigenvalue weighted by Gasteiger charge is -2.25. The molecule has 0 aliphatic carbocycles. The Bertz CT molecular complexity index is 1450. The first kappa shape index (κ1) is 21.1. The second-order valence-corrected chi connectivity index (χ2v) is 9.12. The molecule has 5 rings (SSSR count). The molecule has 9 heteroatoms. The second-order valence-electron chi connectivity index (χ2n) is 8.68. The average Bonchev–Trinajstić information content (AvgIpc) is 3.37. The van der Waals surface area contributed by atoms with Gasteiger partial charge in [0.05, 0.1) is 16.6 Å². The van der Waals surface area contributed by atoms with Crippen molar-refractivity contribution in [2.45, 2.75) is 33.2 Å². The number of fused-ring (bicyclic) bond motifs is 1. The third kappa shape index (κ3) is 4.05. The van der Waals surface area contributed by atoms with Gasteiger partial charge in [0, 0.05) is 34.2 Å². The van der Waals surface area contributed by atoms with E-state index >= 15 is 0 Å². The first-order chi connectivity index (χ1) is 15.8. The molecule has 0 aliphatic rings. The summed E-state index contributed by atoms with van der Waals surface area (Å²) in [5, 5.41) is 7.77.